The third-order valence-electron chi connectivity index (χ3n) is 3.81. The van der Waals surface area contributed by atoms with Crippen LogP contribution in [-0.4, -0.2) is 0 Å². The molecule has 0 aliphatic heterocycles. The van der Waals surface area contributed by atoms with Crippen molar-refractivity contribution in [2.24, 2.45) is 0 Å². The average molecular weight is 356 g/mol. The zero-order valence-corrected chi connectivity index (χ0v) is 14.5. The first-order valence-corrected chi connectivity index (χ1v) is 8.48. The minimum atomic E-state index is -0.210. The standard InChI is InChI=1S/C21H19ClFNO/c22-19-7-1-18(2-8-19)15-25-21-11-5-17(6-12-21)14-24-13-16-3-9-20(23)10-4-16/h1-12,24H,13-15H2. The van der Waals surface area contributed by atoms with Crippen LogP contribution in [0.3, 0.4) is 0 Å². The molecular formula is C21H19ClFNO. The Hall–Kier alpha value is -2.36. The Labute approximate surface area is 152 Å². The molecule has 0 aromatic heterocycles. The molecule has 1 N–H and O–H groups in total. The van der Waals surface area contributed by atoms with Crippen molar-refractivity contribution in [2.75, 3.05) is 0 Å². The van der Waals surface area contributed by atoms with E-state index in [0.717, 1.165) is 28.4 Å². The molecule has 0 radical (unpaired) electrons. The van der Waals surface area contributed by atoms with E-state index in [2.05, 4.69) is 5.32 Å². The van der Waals surface area contributed by atoms with Gasteiger partial charge in [-0.25, -0.2) is 4.39 Å². The molecule has 2 nitrogen and oxygen atoms in total. The summed E-state index contributed by atoms with van der Waals surface area (Å²) in [5, 5.41) is 4.07. The fourth-order valence-electron chi connectivity index (χ4n) is 2.40. The highest BCUT2D eigenvalue weighted by Gasteiger charge is 1.99. The molecule has 3 rings (SSSR count). The Morgan fingerprint density at radius 3 is 1.84 bits per heavy atom. The molecule has 3 aromatic carbocycles. The zero-order chi connectivity index (χ0) is 17.5. The Morgan fingerprint density at radius 2 is 1.24 bits per heavy atom. The van der Waals surface area contributed by atoms with Crippen LogP contribution in [0.15, 0.2) is 72.8 Å². The maximum absolute atomic E-state index is 12.9. The Kier molecular flexibility index (Phi) is 6.04. The molecule has 0 aliphatic carbocycles. The number of halogens is 2. The predicted molar refractivity (Wildman–Crippen MR) is 99.2 cm³/mol. The van der Waals surface area contributed by atoms with Gasteiger partial charge in [0.2, 0.25) is 0 Å². The van der Waals surface area contributed by atoms with Gasteiger partial charge in [-0.3, -0.25) is 0 Å². The predicted octanol–water partition coefficient (Wildman–Crippen LogP) is 5.35. The van der Waals surface area contributed by atoms with E-state index >= 15 is 0 Å². The average Bonchev–Trinajstić information content (AvgIpc) is 2.64. The monoisotopic (exact) mass is 355 g/mol. The molecule has 0 amide bonds. The van der Waals surface area contributed by atoms with Crippen LogP contribution in [0.25, 0.3) is 0 Å². The summed E-state index contributed by atoms with van der Waals surface area (Å²) in [7, 11) is 0. The van der Waals surface area contributed by atoms with Crippen LogP contribution in [-0.2, 0) is 19.7 Å². The lowest BCUT2D eigenvalue weighted by Gasteiger charge is -2.08. The highest BCUT2D eigenvalue weighted by Crippen LogP contribution is 2.16. The number of ether oxygens (including phenoxy) is 1. The van der Waals surface area contributed by atoms with Crippen molar-refractivity contribution in [3.05, 3.63) is 100 Å². The molecule has 0 spiro atoms. The van der Waals surface area contributed by atoms with Crippen molar-refractivity contribution >= 4 is 11.6 Å². The van der Waals surface area contributed by atoms with Gasteiger partial charge in [0, 0.05) is 18.1 Å². The van der Waals surface area contributed by atoms with Crippen LogP contribution in [0.1, 0.15) is 16.7 Å². The van der Waals surface area contributed by atoms with E-state index in [9.17, 15) is 4.39 Å². The van der Waals surface area contributed by atoms with Crippen molar-refractivity contribution in [1.82, 2.24) is 5.32 Å². The van der Waals surface area contributed by atoms with Crippen molar-refractivity contribution in [2.45, 2.75) is 19.7 Å². The molecule has 0 atom stereocenters. The van der Waals surface area contributed by atoms with Gasteiger partial charge >= 0.3 is 0 Å². The van der Waals surface area contributed by atoms with E-state index in [1.165, 1.54) is 17.7 Å². The third kappa shape index (κ3) is 5.59. The SMILES string of the molecule is Fc1ccc(CNCc2ccc(OCc3ccc(Cl)cc3)cc2)cc1. The molecule has 0 saturated heterocycles. The number of hydrogen-bond acceptors (Lipinski definition) is 2. The minimum Gasteiger partial charge on any atom is -0.489 e. The van der Waals surface area contributed by atoms with Crippen molar-refractivity contribution < 1.29 is 9.13 Å². The maximum atomic E-state index is 12.9. The van der Waals surface area contributed by atoms with Crippen LogP contribution in [0.4, 0.5) is 4.39 Å². The molecule has 0 bridgehead atoms. The lowest BCUT2D eigenvalue weighted by atomic mass is 10.2. The molecule has 0 unspecified atom stereocenters. The summed E-state index contributed by atoms with van der Waals surface area (Å²) < 4.78 is 18.6. The van der Waals surface area contributed by atoms with Crippen molar-refractivity contribution in [3.8, 4) is 5.75 Å². The van der Waals surface area contributed by atoms with Gasteiger partial charge in [-0.2, -0.15) is 0 Å². The molecule has 4 heteroatoms. The second-order valence-electron chi connectivity index (χ2n) is 5.79. The van der Waals surface area contributed by atoms with Crippen molar-refractivity contribution in [1.29, 1.82) is 0 Å². The van der Waals surface area contributed by atoms with E-state index in [1.54, 1.807) is 12.1 Å². The van der Waals surface area contributed by atoms with Gasteiger partial charge in [-0.1, -0.05) is 48.0 Å². The fourth-order valence-corrected chi connectivity index (χ4v) is 2.53. The number of rotatable bonds is 7. The summed E-state index contributed by atoms with van der Waals surface area (Å²) >= 11 is 5.87. The van der Waals surface area contributed by atoms with Gasteiger partial charge in [-0.05, 0) is 53.1 Å². The first kappa shape index (κ1) is 17.5. The van der Waals surface area contributed by atoms with Crippen LogP contribution >= 0.6 is 11.6 Å². The van der Waals surface area contributed by atoms with Crippen LogP contribution < -0.4 is 10.1 Å². The Balaban J connectivity index is 1.45. The summed E-state index contributed by atoms with van der Waals surface area (Å²) in [6.45, 7) is 1.96. The zero-order valence-electron chi connectivity index (χ0n) is 13.7. The largest absolute Gasteiger partial charge is 0.489 e. The first-order valence-electron chi connectivity index (χ1n) is 8.10. The van der Waals surface area contributed by atoms with E-state index in [4.69, 9.17) is 16.3 Å². The normalized spacial score (nSPS) is 10.6. The highest BCUT2D eigenvalue weighted by atomic mass is 35.5. The van der Waals surface area contributed by atoms with Gasteiger partial charge in [0.25, 0.3) is 0 Å². The summed E-state index contributed by atoms with van der Waals surface area (Å²) in [4.78, 5) is 0. The fraction of sp³-hybridized carbons (Fsp3) is 0.143. The van der Waals surface area contributed by atoms with Gasteiger partial charge < -0.3 is 10.1 Å². The van der Waals surface area contributed by atoms with E-state index in [-0.39, 0.29) is 5.82 Å². The second kappa shape index (κ2) is 8.65. The highest BCUT2D eigenvalue weighted by molar-refractivity contribution is 6.30. The number of hydrogen-bond donors (Lipinski definition) is 1. The third-order valence-corrected chi connectivity index (χ3v) is 4.07. The minimum absolute atomic E-state index is 0.210. The smallest absolute Gasteiger partial charge is 0.123 e. The topological polar surface area (TPSA) is 21.3 Å². The van der Waals surface area contributed by atoms with Gasteiger partial charge in [-0.15, -0.1) is 0 Å². The molecule has 0 saturated carbocycles. The number of benzene rings is 3. The first-order chi connectivity index (χ1) is 12.2. The molecule has 0 fully saturated rings. The molecule has 3 aromatic rings. The van der Waals surface area contributed by atoms with E-state index < -0.39 is 0 Å². The summed E-state index contributed by atoms with van der Waals surface area (Å²) in [5.74, 6) is 0.621. The maximum Gasteiger partial charge on any atom is 0.123 e. The molecule has 128 valence electrons. The van der Waals surface area contributed by atoms with Gasteiger partial charge in [0.1, 0.15) is 18.2 Å². The quantitative estimate of drug-likeness (QED) is 0.617. The summed E-state index contributed by atoms with van der Waals surface area (Å²) in [5.41, 5.74) is 3.31. The van der Waals surface area contributed by atoms with Crippen LogP contribution in [0, 0.1) is 5.82 Å². The summed E-state index contributed by atoms with van der Waals surface area (Å²) in [6, 6.07) is 22.2. The van der Waals surface area contributed by atoms with Crippen molar-refractivity contribution in [3.63, 3.8) is 0 Å². The van der Waals surface area contributed by atoms with E-state index in [1.807, 2.05) is 48.5 Å². The Bertz CT molecular complexity index is 786. The Morgan fingerprint density at radius 1 is 0.720 bits per heavy atom. The van der Waals surface area contributed by atoms with Crippen LogP contribution in [0.5, 0.6) is 5.75 Å². The lowest BCUT2D eigenvalue weighted by molar-refractivity contribution is 0.306. The van der Waals surface area contributed by atoms with E-state index in [0.29, 0.717) is 13.2 Å². The molecule has 0 heterocycles. The molecular weight excluding hydrogens is 337 g/mol. The second-order valence-corrected chi connectivity index (χ2v) is 6.23. The lowest BCUT2D eigenvalue weighted by Crippen LogP contribution is -2.12. The molecule has 25 heavy (non-hydrogen) atoms. The van der Waals surface area contributed by atoms with Gasteiger partial charge in [0.15, 0.2) is 0 Å². The van der Waals surface area contributed by atoms with Crippen LogP contribution in [0.2, 0.25) is 5.02 Å². The summed E-state index contributed by atoms with van der Waals surface area (Å²) in [6.07, 6.45) is 0. The number of nitrogens with one attached hydrogen (secondary N) is 1. The van der Waals surface area contributed by atoms with Gasteiger partial charge in [0.05, 0.1) is 0 Å². The molecule has 0 aliphatic rings.